The van der Waals surface area contributed by atoms with Crippen LogP contribution in [0.5, 0.6) is 5.75 Å². The number of nitrogens with one attached hydrogen (secondary N) is 3. The first kappa shape index (κ1) is 26.8. The fourth-order valence-corrected chi connectivity index (χ4v) is 4.14. The zero-order valence-electron chi connectivity index (χ0n) is 21.3. The summed E-state index contributed by atoms with van der Waals surface area (Å²) in [5, 5.41) is 6.83. The van der Waals surface area contributed by atoms with Crippen molar-refractivity contribution in [2.45, 2.75) is 31.9 Å². The lowest BCUT2D eigenvalue weighted by molar-refractivity contribution is 0.0892. The number of ether oxygens (including phenoxy) is 2. The van der Waals surface area contributed by atoms with Crippen molar-refractivity contribution in [3.05, 3.63) is 102 Å². The minimum Gasteiger partial charge on any atom is -0.489 e. The molecular weight excluding hydrogens is 480 g/mol. The molecule has 1 aromatic heterocycles. The third-order valence-electron chi connectivity index (χ3n) is 6.14. The van der Waals surface area contributed by atoms with Gasteiger partial charge in [-0.2, -0.15) is 0 Å². The maximum atomic E-state index is 13.2. The third kappa shape index (κ3) is 7.85. The van der Waals surface area contributed by atoms with E-state index >= 15 is 0 Å². The smallest absolute Gasteiger partial charge is 0.407 e. The number of fused-ring (bicyclic) bond motifs is 1. The second-order valence-electron chi connectivity index (χ2n) is 9.06. The number of amides is 2. The van der Waals surface area contributed by atoms with Gasteiger partial charge in [0.1, 0.15) is 19.0 Å². The number of para-hydroxylation sites is 1. The predicted molar refractivity (Wildman–Crippen MR) is 148 cm³/mol. The van der Waals surface area contributed by atoms with Crippen molar-refractivity contribution < 1.29 is 19.1 Å². The molecule has 8 heteroatoms. The van der Waals surface area contributed by atoms with E-state index in [0.717, 1.165) is 34.9 Å². The van der Waals surface area contributed by atoms with Crippen LogP contribution < -0.4 is 21.1 Å². The van der Waals surface area contributed by atoms with Gasteiger partial charge in [0.2, 0.25) is 0 Å². The Morgan fingerprint density at radius 1 is 0.947 bits per heavy atom. The summed E-state index contributed by atoms with van der Waals surface area (Å²) in [4.78, 5) is 28.7. The molecule has 198 valence electrons. The average Bonchev–Trinajstić information content (AvgIpc) is 3.36. The van der Waals surface area contributed by atoms with Crippen LogP contribution in [0.25, 0.3) is 10.9 Å². The van der Waals surface area contributed by atoms with Crippen molar-refractivity contribution >= 4 is 22.9 Å². The molecule has 1 heterocycles. The first-order chi connectivity index (χ1) is 18.6. The molecule has 4 aromatic rings. The van der Waals surface area contributed by atoms with Crippen LogP contribution in [0.3, 0.4) is 0 Å². The van der Waals surface area contributed by atoms with E-state index in [4.69, 9.17) is 15.2 Å². The second kappa shape index (κ2) is 13.9. The van der Waals surface area contributed by atoms with Gasteiger partial charge in [-0.25, -0.2) is 4.79 Å². The van der Waals surface area contributed by atoms with Crippen LogP contribution in [0.15, 0.2) is 85.1 Å². The highest BCUT2D eigenvalue weighted by atomic mass is 16.5. The average molecular weight is 515 g/mol. The van der Waals surface area contributed by atoms with Crippen LogP contribution in [-0.2, 0) is 17.8 Å². The van der Waals surface area contributed by atoms with Crippen LogP contribution >= 0.6 is 0 Å². The first-order valence-corrected chi connectivity index (χ1v) is 12.9. The van der Waals surface area contributed by atoms with Crippen molar-refractivity contribution in [1.82, 2.24) is 15.6 Å². The molecule has 0 bridgehead atoms. The number of hydrogen-bond acceptors (Lipinski definition) is 5. The highest BCUT2D eigenvalue weighted by molar-refractivity contribution is 5.95. The highest BCUT2D eigenvalue weighted by Gasteiger charge is 2.19. The summed E-state index contributed by atoms with van der Waals surface area (Å²) >= 11 is 0. The number of benzene rings is 3. The molecule has 0 saturated carbocycles. The molecule has 0 radical (unpaired) electrons. The number of H-pyrrole nitrogens is 1. The van der Waals surface area contributed by atoms with E-state index in [2.05, 4.69) is 15.6 Å². The number of carbonyl (C=O) groups is 2. The lowest BCUT2D eigenvalue weighted by Gasteiger charge is -2.19. The third-order valence-corrected chi connectivity index (χ3v) is 6.14. The van der Waals surface area contributed by atoms with Crippen LogP contribution in [0.1, 0.15) is 34.3 Å². The summed E-state index contributed by atoms with van der Waals surface area (Å²) in [6.07, 6.45) is 3.50. The Hall–Kier alpha value is -4.30. The molecule has 0 spiro atoms. The van der Waals surface area contributed by atoms with Crippen LogP contribution in [0.2, 0.25) is 0 Å². The largest absolute Gasteiger partial charge is 0.489 e. The topological polar surface area (TPSA) is 118 Å². The summed E-state index contributed by atoms with van der Waals surface area (Å²) in [6, 6.07) is 24.4. The Morgan fingerprint density at radius 2 is 1.76 bits per heavy atom. The van der Waals surface area contributed by atoms with E-state index in [1.807, 2.05) is 66.9 Å². The van der Waals surface area contributed by atoms with Gasteiger partial charge >= 0.3 is 6.09 Å². The van der Waals surface area contributed by atoms with Crippen LogP contribution in [-0.4, -0.2) is 42.7 Å². The molecule has 0 unspecified atom stereocenters. The zero-order valence-corrected chi connectivity index (χ0v) is 21.3. The standard InChI is InChI=1S/C30H34N4O4/c31-15-6-7-16-32-30(36)38-21-25(17-24-19-33-28-14-5-4-13-27(24)28)34-29(35)23-11-8-12-26(18-23)37-20-22-9-2-1-3-10-22/h1-5,8-14,18-19,25,33H,6-7,15-17,20-21,31H2,(H,32,36)(H,34,35)/t25-/m0/s1. The Bertz CT molecular complexity index is 1320. The van der Waals surface area contributed by atoms with Crippen molar-refractivity contribution in [3.8, 4) is 5.75 Å². The Kier molecular flexibility index (Phi) is 9.75. The molecule has 0 aliphatic carbocycles. The van der Waals surface area contributed by atoms with Crippen molar-refractivity contribution in [2.75, 3.05) is 19.7 Å². The molecule has 2 amide bonds. The highest BCUT2D eigenvalue weighted by Crippen LogP contribution is 2.20. The van der Waals surface area contributed by atoms with Gasteiger partial charge in [0, 0.05) is 29.2 Å². The fourth-order valence-electron chi connectivity index (χ4n) is 4.14. The summed E-state index contributed by atoms with van der Waals surface area (Å²) in [5.74, 6) is 0.328. The van der Waals surface area contributed by atoms with Gasteiger partial charge in [0.25, 0.3) is 5.91 Å². The number of rotatable bonds is 13. The second-order valence-corrected chi connectivity index (χ2v) is 9.06. The molecule has 0 aliphatic heterocycles. The van der Waals surface area contributed by atoms with E-state index in [9.17, 15) is 9.59 Å². The molecular formula is C30H34N4O4. The van der Waals surface area contributed by atoms with Crippen LogP contribution in [0.4, 0.5) is 4.79 Å². The molecule has 0 fully saturated rings. The summed E-state index contributed by atoms with van der Waals surface area (Å²) in [5.41, 5.74) is 9.04. The van der Waals surface area contributed by atoms with Gasteiger partial charge in [0.15, 0.2) is 0 Å². The van der Waals surface area contributed by atoms with E-state index in [1.54, 1.807) is 18.2 Å². The number of unbranched alkanes of at least 4 members (excludes halogenated alkanes) is 1. The molecule has 5 N–H and O–H groups in total. The van der Waals surface area contributed by atoms with Crippen molar-refractivity contribution in [3.63, 3.8) is 0 Å². The molecule has 1 atom stereocenters. The quantitative estimate of drug-likeness (QED) is 0.195. The van der Waals surface area contributed by atoms with Gasteiger partial charge in [-0.15, -0.1) is 0 Å². The number of alkyl carbamates (subject to hydrolysis) is 1. The lowest BCUT2D eigenvalue weighted by Crippen LogP contribution is -2.41. The molecule has 0 aliphatic rings. The van der Waals surface area contributed by atoms with Gasteiger partial charge < -0.3 is 30.8 Å². The van der Waals surface area contributed by atoms with E-state index in [1.165, 1.54) is 0 Å². The van der Waals surface area contributed by atoms with Crippen molar-refractivity contribution in [2.24, 2.45) is 5.73 Å². The summed E-state index contributed by atoms with van der Waals surface area (Å²) in [6.45, 7) is 1.50. The van der Waals surface area contributed by atoms with Gasteiger partial charge in [0.05, 0.1) is 6.04 Å². The maximum absolute atomic E-state index is 13.2. The van der Waals surface area contributed by atoms with E-state index in [-0.39, 0.29) is 12.5 Å². The number of aromatic nitrogens is 1. The van der Waals surface area contributed by atoms with E-state index in [0.29, 0.717) is 37.4 Å². The number of aromatic amines is 1. The maximum Gasteiger partial charge on any atom is 0.407 e. The Labute approximate surface area is 222 Å². The minimum atomic E-state index is -0.517. The minimum absolute atomic E-state index is 0.0260. The molecule has 4 rings (SSSR count). The number of hydrogen-bond donors (Lipinski definition) is 4. The molecule has 8 nitrogen and oxygen atoms in total. The van der Waals surface area contributed by atoms with Gasteiger partial charge in [-0.3, -0.25) is 4.79 Å². The zero-order chi connectivity index (χ0) is 26.6. The lowest BCUT2D eigenvalue weighted by atomic mass is 10.0. The summed E-state index contributed by atoms with van der Waals surface area (Å²) < 4.78 is 11.3. The number of carbonyl (C=O) groups excluding carboxylic acids is 2. The summed E-state index contributed by atoms with van der Waals surface area (Å²) in [7, 11) is 0. The molecule has 3 aromatic carbocycles. The van der Waals surface area contributed by atoms with Crippen molar-refractivity contribution in [1.29, 1.82) is 0 Å². The van der Waals surface area contributed by atoms with Gasteiger partial charge in [-0.1, -0.05) is 54.6 Å². The normalized spacial score (nSPS) is 11.6. The Morgan fingerprint density at radius 3 is 2.61 bits per heavy atom. The van der Waals surface area contributed by atoms with E-state index < -0.39 is 12.1 Å². The predicted octanol–water partition coefficient (Wildman–Crippen LogP) is 4.55. The van der Waals surface area contributed by atoms with Crippen LogP contribution in [0, 0.1) is 0 Å². The molecule has 38 heavy (non-hydrogen) atoms. The number of nitrogens with two attached hydrogens (primary N) is 1. The first-order valence-electron chi connectivity index (χ1n) is 12.9. The Balaban J connectivity index is 1.41. The SMILES string of the molecule is NCCCCNC(=O)OC[C@H](Cc1c[nH]c2ccccc12)NC(=O)c1cccc(OCc2ccccc2)c1. The molecule has 0 saturated heterocycles. The monoisotopic (exact) mass is 514 g/mol. The van der Waals surface area contributed by atoms with Gasteiger partial charge in [-0.05, 0) is 61.2 Å². The fraction of sp³-hybridized carbons (Fsp3) is 0.267.